The summed E-state index contributed by atoms with van der Waals surface area (Å²) < 4.78 is 31.6. The Morgan fingerprint density at radius 2 is 1.06 bits per heavy atom. The fraction of sp³-hybridized carbons (Fsp3) is 0.106. The molecule has 0 amide bonds. The third-order valence-electron chi connectivity index (χ3n) is 9.25. The van der Waals surface area contributed by atoms with Gasteiger partial charge in [0.25, 0.3) is 0 Å². The van der Waals surface area contributed by atoms with Crippen LogP contribution in [0.5, 0.6) is 17.2 Å². The standard InChI is InChI=1S/C23H18N4O2.C13H12BO3.C10H7IN4O.CH4/c1-2-7-17(8-3-1)15-28-19-10-6-9-18(13-19)23-20-11-4-5-12-21(20)27(26-23)14-22-25-24-16-29-22;15-14-17-13-8-4-7-12(9-13)16-10-11-5-2-1-3-6-11;11-10-7-3-1-2-4-8(7)15(14-10)5-9-13-12-6-16-9;/h1-13,16H,14-15H2;1-9,15H,10H2;1-4,6H,5H2;1H4. The van der Waals surface area contributed by atoms with E-state index in [0.29, 0.717) is 57.3 Å². The summed E-state index contributed by atoms with van der Waals surface area (Å²) in [6.07, 6.45) is 2.65. The molecule has 0 aliphatic heterocycles. The number of benzene rings is 6. The first kappa shape index (κ1) is 43.8. The summed E-state index contributed by atoms with van der Waals surface area (Å²) in [6.45, 7) is 1.96. The first-order chi connectivity index (χ1) is 30.6. The fourth-order valence-corrected chi connectivity index (χ4v) is 7.08. The van der Waals surface area contributed by atoms with Crippen LogP contribution in [-0.2, 0) is 26.3 Å². The summed E-state index contributed by atoms with van der Waals surface area (Å²) in [5.74, 6) is 3.13. The van der Waals surface area contributed by atoms with Crippen molar-refractivity contribution in [3.63, 3.8) is 0 Å². The molecule has 315 valence electrons. The van der Waals surface area contributed by atoms with Crippen LogP contribution in [0.25, 0.3) is 33.1 Å². The smallest absolute Gasteiger partial charge is 0.537 e. The second-order valence-electron chi connectivity index (χ2n) is 13.4. The molecule has 4 heterocycles. The van der Waals surface area contributed by atoms with E-state index in [1.165, 1.54) is 12.8 Å². The number of hydrogen-bond acceptors (Lipinski definition) is 12. The van der Waals surface area contributed by atoms with Gasteiger partial charge in [0.2, 0.25) is 24.6 Å². The van der Waals surface area contributed by atoms with Crippen LogP contribution < -0.4 is 14.1 Å². The molecule has 10 aromatic rings. The van der Waals surface area contributed by atoms with Gasteiger partial charge in [-0.1, -0.05) is 123 Å². The minimum atomic E-state index is 0. The molecule has 1 radical (unpaired) electrons. The highest BCUT2D eigenvalue weighted by Gasteiger charge is 2.15. The Morgan fingerprint density at radius 3 is 1.65 bits per heavy atom. The maximum Gasteiger partial charge on any atom is 0.569 e. The van der Waals surface area contributed by atoms with Crippen molar-refractivity contribution in [3.05, 3.63) is 197 Å². The van der Waals surface area contributed by atoms with Crippen molar-refractivity contribution in [2.24, 2.45) is 0 Å². The van der Waals surface area contributed by atoms with Crippen LogP contribution in [0.1, 0.15) is 30.3 Å². The Balaban J connectivity index is 0.000000150. The van der Waals surface area contributed by atoms with Gasteiger partial charge < -0.3 is 28.0 Å². The molecular weight excluding hydrogens is 910 g/mol. The number of para-hydroxylation sites is 2. The molecule has 4 aromatic heterocycles. The Kier molecular flexibility index (Phi) is 15.3. The lowest BCUT2D eigenvalue weighted by molar-refractivity contribution is 0.305. The zero-order valence-electron chi connectivity index (χ0n) is 33.0. The van der Waals surface area contributed by atoms with Gasteiger partial charge in [-0.05, 0) is 70.1 Å². The van der Waals surface area contributed by atoms with E-state index in [-0.39, 0.29) is 7.43 Å². The number of ether oxygens (including phenoxy) is 2. The summed E-state index contributed by atoms with van der Waals surface area (Å²) in [5, 5.41) is 35.2. The van der Waals surface area contributed by atoms with E-state index < -0.39 is 0 Å². The van der Waals surface area contributed by atoms with E-state index in [2.05, 4.69) is 72.3 Å². The third kappa shape index (κ3) is 11.7. The molecule has 16 heteroatoms. The lowest BCUT2D eigenvalue weighted by Crippen LogP contribution is -2.02. The number of fused-ring (bicyclic) bond motifs is 2. The van der Waals surface area contributed by atoms with Crippen molar-refractivity contribution >= 4 is 52.1 Å². The van der Waals surface area contributed by atoms with E-state index >= 15 is 0 Å². The van der Waals surface area contributed by atoms with E-state index in [9.17, 15) is 0 Å². The molecule has 10 rings (SSSR count). The molecule has 0 unspecified atom stereocenters. The van der Waals surface area contributed by atoms with Crippen LogP contribution in [0.4, 0.5) is 0 Å². The van der Waals surface area contributed by atoms with Gasteiger partial charge in [-0.15, -0.1) is 20.4 Å². The van der Waals surface area contributed by atoms with Gasteiger partial charge in [-0.25, -0.2) is 0 Å². The van der Waals surface area contributed by atoms with E-state index in [1.807, 2.05) is 125 Å². The minimum Gasteiger partial charge on any atom is -0.537 e. The zero-order chi connectivity index (χ0) is 42.4. The van der Waals surface area contributed by atoms with Gasteiger partial charge in [0, 0.05) is 22.4 Å². The van der Waals surface area contributed by atoms with Crippen LogP contribution >= 0.6 is 22.6 Å². The monoisotopic (exact) mass is 951 g/mol. The van der Waals surface area contributed by atoms with Gasteiger partial charge in [0.05, 0.1) is 11.0 Å². The average molecular weight is 952 g/mol. The topological polar surface area (TPSA) is 161 Å². The Morgan fingerprint density at radius 1 is 0.556 bits per heavy atom. The minimum absolute atomic E-state index is 0. The number of aromatic nitrogens is 8. The lowest BCUT2D eigenvalue weighted by atomic mass is 10.1. The lowest BCUT2D eigenvalue weighted by Gasteiger charge is -2.08. The Hall–Kier alpha value is -7.31. The Bertz CT molecular complexity index is 2910. The third-order valence-corrected chi connectivity index (χ3v) is 10.0. The van der Waals surface area contributed by atoms with Crippen LogP contribution in [-0.4, -0.2) is 52.7 Å². The molecule has 0 saturated carbocycles. The van der Waals surface area contributed by atoms with Crippen LogP contribution in [0.15, 0.2) is 179 Å². The largest absolute Gasteiger partial charge is 0.569 e. The molecule has 0 spiro atoms. The molecule has 0 atom stereocenters. The van der Waals surface area contributed by atoms with E-state index in [4.69, 9.17) is 33.1 Å². The van der Waals surface area contributed by atoms with Gasteiger partial charge in [-0.2, -0.15) is 10.2 Å². The second kappa shape index (κ2) is 22.0. The number of halogens is 1. The van der Waals surface area contributed by atoms with Gasteiger partial charge in [-0.3, -0.25) is 9.36 Å². The molecule has 0 saturated heterocycles. The Labute approximate surface area is 377 Å². The van der Waals surface area contributed by atoms with Gasteiger partial charge >= 0.3 is 7.69 Å². The first-order valence-corrected chi connectivity index (χ1v) is 20.4. The SMILES string of the molecule is C.Ic1nn(Cc2nnco2)c2ccccc12.O[B]Oc1cccc(OCc2ccccc2)c1.c1ccc(COc2cccc(-c3nn(Cc4nnco4)c4ccccc34)c2)cc1. The van der Waals surface area contributed by atoms with Gasteiger partial charge in [0.1, 0.15) is 52.9 Å². The van der Waals surface area contributed by atoms with Crippen LogP contribution in [0, 0.1) is 3.70 Å². The van der Waals surface area contributed by atoms with Crippen molar-refractivity contribution in [1.82, 2.24) is 40.0 Å². The van der Waals surface area contributed by atoms with E-state index in [1.54, 1.807) is 18.2 Å². The predicted molar refractivity (Wildman–Crippen MR) is 248 cm³/mol. The van der Waals surface area contributed by atoms with E-state index in [0.717, 1.165) is 53.6 Å². The fourth-order valence-electron chi connectivity index (χ4n) is 6.37. The number of nitrogens with zero attached hydrogens (tertiary/aromatic N) is 8. The quantitative estimate of drug-likeness (QED) is 0.0862. The molecule has 14 nitrogen and oxygen atoms in total. The van der Waals surface area contributed by atoms with Crippen molar-refractivity contribution in [3.8, 4) is 28.5 Å². The molecule has 0 aliphatic rings. The van der Waals surface area contributed by atoms with Crippen molar-refractivity contribution in [2.75, 3.05) is 0 Å². The first-order valence-electron chi connectivity index (χ1n) is 19.3. The molecular formula is C47H41BIN8O6. The maximum atomic E-state index is 8.53. The number of rotatable bonds is 13. The maximum absolute atomic E-state index is 8.53. The molecule has 0 bridgehead atoms. The summed E-state index contributed by atoms with van der Waals surface area (Å²) in [5.41, 5.74) is 6.21. The predicted octanol–water partition coefficient (Wildman–Crippen LogP) is 9.59. The summed E-state index contributed by atoms with van der Waals surface area (Å²) in [6, 6.07) is 51.3. The van der Waals surface area contributed by atoms with Crippen molar-refractivity contribution in [1.29, 1.82) is 0 Å². The molecule has 63 heavy (non-hydrogen) atoms. The molecule has 1 N–H and O–H groups in total. The second-order valence-corrected chi connectivity index (χ2v) is 14.5. The highest BCUT2D eigenvalue weighted by atomic mass is 127. The molecule has 0 aliphatic carbocycles. The van der Waals surface area contributed by atoms with Gasteiger partial charge in [0.15, 0.2) is 0 Å². The highest BCUT2D eigenvalue weighted by molar-refractivity contribution is 14.1. The summed E-state index contributed by atoms with van der Waals surface area (Å²) in [7, 11) is 0.649. The molecule has 0 fully saturated rings. The normalized spacial score (nSPS) is 10.5. The number of hydrogen-bond donors (Lipinski definition) is 1. The van der Waals surface area contributed by atoms with Crippen LogP contribution in [0.3, 0.4) is 0 Å². The molecule has 6 aromatic carbocycles. The van der Waals surface area contributed by atoms with Crippen LogP contribution in [0.2, 0.25) is 0 Å². The average Bonchev–Trinajstić information content (AvgIpc) is 4.16. The summed E-state index contributed by atoms with van der Waals surface area (Å²) in [4.78, 5) is 0. The summed E-state index contributed by atoms with van der Waals surface area (Å²) >= 11 is 2.22. The zero-order valence-corrected chi connectivity index (χ0v) is 35.2. The van der Waals surface area contributed by atoms with Crippen molar-refractivity contribution in [2.45, 2.75) is 33.7 Å². The van der Waals surface area contributed by atoms with Crippen molar-refractivity contribution < 1.29 is 28.0 Å². The highest BCUT2D eigenvalue weighted by Crippen LogP contribution is 2.31.